The normalized spacial score (nSPS) is 18.2. The zero-order valence-electron chi connectivity index (χ0n) is 15.0. The highest BCUT2D eigenvalue weighted by Crippen LogP contribution is 2.27. The van der Waals surface area contributed by atoms with Crippen LogP contribution in [0.1, 0.15) is 54.4 Å². The van der Waals surface area contributed by atoms with Crippen LogP contribution >= 0.6 is 0 Å². The molecule has 136 valence electrons. The monoisotopic (exact) mass is 332 g/mol. The molecule has 0 aliphatic heterocycles. The first-order valence-electron chi connectivity index (χ1n) is 7.81. The van der Waals surface area contributed by atoms with Crippen LogP contribution in [0.5, 0.6) is 0 Å². The van der Waals surface area contributed by atoms with E-state index in [0.717, 1.165) is 0 Å². The van der Waals surface area contributed by atoms with Gasteiger partial charge in [-0.25, -0.2) is 0 Å². The SMILES string of the molecule is C[C@@H](O)[C@H](N)C(=O)CC(C)(C)OC(C)(C)CC(=O)[C@@H](N)[C@@H](C)O. The quantitative estimate of drug-likeness (QED) is 0.438. The molecule has 0 fully saturated rings. The van der Waals surface area contributed by atoms with E-state index in [1.54, 1.807) is 27.7 Å². The highest BCUT2D eigenvalue weighted by molar-refractivity contribution is 5.85. The van der Waals surface area contributed by atoms with E-state index in [1.165, 1.54) is 13.8 Å². The van der Waals surface area contributed by atoms with Gasteiger partial charge in [0.15, 0.2) is 11.6 Å². The Bertz CT molecular complexity index is 381. The van der Waals surface area contributed by atoms with E-state index in [2.05, 4.69) is 0 Å². The minimum Gasteiger partial charge on any atom is -0.391 e. The first-order valence-corrected chi connectivity index (χ1v) is 7.81. The first-order chi connectivity index (χ1) is 10.2. The number of hydrogen-bond donors (Lipinski definition) is 4. The van der Waals surface area contributed by atoms with Gasteiger partial charge in [0.05, 0.1) is 35.5 Å². The minimum atomic E-state index is -0.966. The summed E-state index contributed by atoms with van der Waals surface area (Å²) in [7, 11) is 0. The maximum absolute atomic E-state index is 12.0. The second-order valence-corrected chi connectivity index (χ2v) is 7.44. The number of nitrogens with two attached hydrogens (primary N) is 2. The molecule has 7 nitrogen and oxygen atoms in total. The van der Waals surface area contributed by atoms with E-state index >= 15 is 0 Å². The zero-order valence-corrected chi connectivity index (χ0v) is 15.0. The maximum Gasteiger partial charge on any atom is 0.155 e. The van der Waals surface area contributed by atoms with Crippen molar-refractivity contribution in [3.8, 4) is 0 Å². The van der Waals surface area contributed by atoms with Gasteiger partial charge in [-0.3, -0.25) is 9.59 Å². The Kier molecular flexibility index (Phi) is 7.99. The van der Waals surface area contributed by atoms with Crippen LogP contribution in [0.3, 0.4) is 0 Å². The van der Waals surface area contributed by atoms with E-state index in [4.69, 9.17) is 16.2 Å². The Balaban J connectivity index is 4.80. The van der Waals surface area contributed by atoms with E-state index < -0.39 is 35.5 Å². The lowest BCUT2D eigenvalue weighted by atomic mass is 9.92. The van der Waals surface area contributed by atoms with Crippen molar-refractivity contribution in [3.63, 3.8) is 0 Å². The molecular formula is C16H32N2O5. The van der Waals surface area contributed by atoms with Gasteiger partial charge in [-0.15, -0.1) is 0 Å². The molecule has 0 spiro atoms. The molecule has 7 heteroatoms. The summed E-state index contributed by atoms with van der Waals surface area (Å²) >= 11 is 0. The fourth-order valence-corrected chi connectivity index (χ4v) is 2.43. The van der Waals surface area contributed by atoms with Gasteiger partial charge < -0.3 is 26.4 Å². The van der Waals surface area contributed by atoms with E-state index in [9.17, 15) is 19.8 Å². The maximum atomic E-state index is 12.0. The molecular weight excluding hydrogens is 300 g/mol. The van der Waals surface area contributed by atoms with Crippen LogP contribution in [0, 0.1) is 0 Å². The lowest BCUT2D eigenvalue weighted by Crippen LogP contribution is -2.48. The number of Topliss-reactive ketones (excluding diaryl/α,β-unsaturated/α-hetero) is 2. The second-order valence-electron chi connectivity index (χ2n) is 7.44. The van der Waals surface area contributed by atoms with Gasteiger partial charge >= 0.3 is 0 Å². The Morgan fingerprint density at radius 3 is 1.35 bits per heavy atom. The average molecular weight is 332 g/mol. The highest BCUT2D eigenvalue weighted by atomic mass is 16.5. The van der Waals surface area contributed by atoms with Crippen LogP contribution in [-0.2, 0) is 14.3 Å². The molecule has 0 aromatic heterocycles. The Labute approximate surface area is 138 Å². The molecule has 0 aliphatic carbocycles. The third kappa shape index (κ3) is 7.99. The lowest BCUT2D eigenvalue weighted by molar-refractivity contribution is -0.152. The predicted molar refractivity (Wildman–Crippen MR) is 87.8 cm³/mol. The van der Waals surface area contributed by atoms with Gasteiger partial charge in [0.1, 0.15) is 0 Å². The van der Waals surface area contributed by atoms with Crippen LogP contribution in [0.4, 0.5) is 0 Å². The molecule has 0 amide bonds. The molecule has 4 atom stereocenters. The summed E-state index contributed by atoms with van der Waals surface area (Å²) < 4.78 is 5.91. The van der Waals surface area contributed by atoms with Crippen LogP contribution in [0.25, 0.3) is 0 Å². The number of carbonyl (C=O) groups excluding carboxylic acids is 2. The number of ether oxygens (including phenoxy) is 1. The summed E-state index contributed by atoms with van der Waals surface area (Å²) in [6.07, 6.45) is -1.84. The summed E-state index contributed by atoms with van der Waals surface area (Å²) in [5.74, 6) is -0.624. The molecule has 0 heterocycles. The molecule has 0 saturated heterocycles. The van der Waals surface area contributed by atoms with Crippen LogP contribution < -0.4 is 11.5 Å². The Morgan fingerprint density at radius 1 is 0.870 bits per heavy atom. The van der Waals surface area contributed by atoms with Gasteiger partial charge in [-0.05, 0) is 41.5 Å². The smallest absolute Gasteiger partial charge is 0.155 e. The number of ketones is 2. The van der Waals surface area contributed by atoms with Gasteiger partial charge in [-0.2, -0.15) is 0 Å². The van der Waals surface area contributed by atoms with Crippen LogP contribution in [0.2, 0.25) is 0 Å². The Morgan fingerprint density at radius 2 is 1.13 bits per heavy atom. The fraction of sp³-hybridized carbons (Fsp3) is 0.875. The van der Waals surface area contributed by atoms with Gasteiger partial charge in [0, 0.05) is 12.8 Å². The fourth-order valence-electron chi connectivity index (χ4n) is 2.43. The predicted octanol–water partition coefficient (Wildman–Crippen LogP) is -0.105. The molecule has 0 unspecified atom stereocenters. The minimum absolute atomic E-state index is 0.0130. The van der Waals surface area contributed by atoms with Crippen molar-refractivity contribution >= 4 is 11.6 Å². The van der Waals surface area contributed by atoms with E-state index in [1.807, 2.05) is 0 Å². The van der Waals surface area contributed by atoms with Crippen LogP contribution in [-0.4, -0.2) is 57.3 Å². The molecule has 0 rings (SSSR count). The van der Waals surface area contributed by atoms with Crippen LogP contribution in [0.15, 0.2) is 0 Å². The number of carbonyl (C=O) groups is 2. The van der Waals surface area contributed by atoms with Crippen molar-refractivity contribution in [2.45, 2.75) is 89.9 Å². The standard InChI is InChI=1S/C16H32N2O5/c1-9(19)13(17)11(21)7-15(3,4)23-16(5,6)8-12(22)14(18)10(2)20/h9-10,13-14,19-20H,7-8,17-18H2,1-6H3/t9-,10-,13+,14+/m1/s1. The van der Waals surface area contributed by atoms with Crippen molar-refractivity contribution in [1.29, 1.82) is 0 Å². The number of aliphatic hydroxyl groups is 2. The summed E-state index contributed by atoms with van der Waals surface area (Å²) in [4.78, 5) is 24.0. The van der Waals surface area contributed by atoms with Crippen molar-refractivity contribution in [2.24, 2.45) is 11.5 Å². The second kappa shape index (κ2) is 8.30. The number of hydrogen-bond acceptors (Lipinski definition) is 7. The topological polar surface area (TPSA) is 136 Å². The van der Waals surface area contributed by atoms with Crippen molar-refractivity contribution in [3.05, 3.63) is 0 Å². The summed E-state index contributed by atoms with van der Waals surface area (Å²) in [6.45, 7) is 9.80. The molecule has 0 radical (unpaired) electrons. The Hall–Kier alpha value is -0.860. The lowest BCUT2D eigenvalue weighted by Gasteiger charge is -2.36. The zero-order chi connectivity index (χ0) is 18.6. The molecule has 0 aromatic rings. The summed E-state index contributed by atoms with van der Waals surface area (Å²) in [5, 5.41) is 18.8. The third-order valence-corrected chi connectivity index (χ3v) is 3.54. The molecule has 0 aromatic carbocycles. The third-order valence-electron chi connectivity index (χ3n) is 3.54. The molecule has 6 N–H and O–H groups in total. The molecule has 0 bridgehead atoms. The summed E-state index contributed by atoms with van der Waals surface area (Å²) in [5.41, 5.74) is 9.54. The van der Waals surface area contributed by atoms with Crippen molar-refractivity contribution in [2.75, 3.05) is 0 Å². The highest BCUT2D eigenvalue weighted by Gasteiger charge is 2.35. The van der Waals surface area contributed by atoms with Crippen molar-refractivity contribution in [1.82, 2.24) is 0 Å². The average Bonchev–Trinajstić information content (AvgIpc) is 2.33. The number of aliphatic hydroxyl groups excluding tert-OH is 2. The largest absolute Gasteiger partial charge is 0.391 e. The van der Waals surface area contributed by atoms with Gasteiger partial charge in [-0.1, -0.05) is 0 Å². The first kappa shape index (κ1) is 22.1. The van der Waals surface area contributed by atoms with Crippen molar-refractivity contribution < 1.29 is 24.5 Å². The molecule has 23 heavy (non-hydrogen) atoms. The number of rotatable bonds is 10. The van der Waals surface area contributed by atoms with E-state index in [0.29, 0.717) is 0 Å². The molecule has 0 aliphatic rings. The summed E-state index contributed by atoms with van der Waals surface area (Å²) in [6, 6.07) is -1.93. The van der Waals surface area contributed by atoms with Gasteiger partial charge in [0.2, 0.25) is 0 Å². The van der Waals surface area contributed by atoms with E-state index in [-0.39, 0.29) is 24.4 Å². The molecule has 0 saturated carbocycles. The van der Waals surface area contributed by atoms with Gasteiger partial charge in [0.25, 0.3) is 0 Å².